The van der Waals surface area contributed by atoms with Crippen LogP contribution in [0.1, 0.15) is 66.1 Å². The van der Waals surface area contributed by atoms with Gasteiger partial charge in [0.25, 0.3) is 0 Å². The van der Waals surface area contributed by atoms with Crippen molar-refractivity contribution in [2.45, 2.75) is 52.6 Å². The number of nitrogens with one attached hydrogen (secondary N) is 2. The molecule has 0 fully saturated rings. The number of benzene rings is 1. The van der Waals surface area contributed by atoms with Gasteiger partial charge in [0.15, 0.2) is 5.78 Å². The summed E-state index contributed by atoms with van der Waals surface area (Å²) >= 11 is 0. The molecule has 0 radical (unpaired) electrons. The molecule has 33 heavy (non-hydrogen) atoms. The minimum absolute atomic E-state index is 0. The monoisotopic (exact) mass is 518 g/mol. The highest BCUT2D eigenvalue weighted by Crippen LogP contribution is 2.35. The van der Waals surface area contributed by atoms with Crippen LogP contribution in [0.25, 0.3) is 0 Å². The summed E-state index contributed by atoms with van der Waals surface area (Å²) in [5, 5.41) is 30.8. The van der Waals surface area contributed by atoms with E-state index in [9.17, 15) is 14.7 Å². The number of aromatic hydroxyl groups is 1. The van der Waals surface area contributed by atoms with E-state index >= 15 is 0 Å². The molecule has 2 heterocycles. The minimum atomic E-state index is -1.00. The molecule has 178 valence electrons. The Morgan fingerprint density at radius 2 is 1.94 bits per heavy atom. The van der Waals surface area contributed by atoms with E-state index in [1.54, 1.807) is 17.0 Å². The second kappa shape index (κ2) is 10.4. The Morgan fingerprint density at radius 3 is 2.55 bits per heavy atom. The summed E-state index contributed by atoms with van der Waals surface area (Å²) in [5.41, 5.74) is 3.55. The first kappa shape index (κ1) is 26.5. The van der Waals surface area contributed by atoms with Crippen molar-refractivity contribution in [3.8, 4) is 5.75 Å². The molecular weight excluding hydrogens is 488 g/mol. The zero-order chi connectivity index (χ0) is 23.6. The van der Waals surface area contributed by atoms with Crippen molar-refractivity contribution in [1.82, 2.24) is 15.2 Å². The van der Waals surface area contributed by atoms with Crippen LogP contribution in [0.3, 0.4) is 0 Å². The molecule has 0 amide bonds. The van der Waals surface area contributed by atoms with Crippen molar-refractivity contribution >= 4 is 34.6 Å². The van der Waals surface area contributed by atoms with Gasteiger partial charge in [0.05, 0.1) is 13.1 Å². The molecule has 4 N–H and O–H groups in total. The smallest absolute Gasteiger partial charge is 0.317 e. The predicted octanol–water partition coefficient (Wildman–Crippen LogP) is 3.42. The Kier molecular flexibility index (Phi) is 8.37. The number of rotatable bonds is 8. The third-order valence-corrected chi connectivity index (χ3v) is 5.55. The lowest BCUT2D eigenvalue weighted by molar-refractivity contribution is -0.136. The number of carboxylic acids is 1. The van der Waals surface area contributed by atoms with Crippen molar-refractivity contribution in [2.24, 2.45) is 0 Å². The summed E-state index contributed by atoms with van der Waals surface area (Å²) < 4.78 is 0. The van der Waals surface area contributed by atoms with Gasteiger partial charge in [-0.15, -0.1) is 17.0 Å². The van der Waals surface area contributed by atoms with Gasteiger partial charge in [-0.05, 0) is 30.0 Å². The van der Waals surface area contributed by atoms with Crippen LogP contribution in [-0.2, 0) is 29.7 Å². The number of aryl methyl sites for hydroxylation is 1. The van der Waals surface area contributed by atoms with E-state index in [-0.39, 0.29) is 54.0 Å². The van der Waals surface area contributed by atoms with E-state index in [0.29, 0.717) is 28.9 Å². The number of hydrogen-bond donors (Lipinski definition) is 4. The van der Waals surface area contributed by atoms with Gasteiger partial charge in [-0.3, -0.25) is 15.0 Å². The molecule has 0 spiro atoms. The lowest BCUT2D eigenvalue weighted by Gasteiger charge is -2.24. The molecular formula is C24H31BrN4O4. The Hall–Kier alpha value is -2.78. The quantitative estimate of drug-likeness (QED) is 0.394. The second-order valence-electron chi connectivity index (χ2n) is 9.07. The number of carbonyl (C=O) groups excluding carboxylic acids is 1. The molecule has 0 aliphatic carbocycles. The highest BCUT2D eigenvalue weighted by atomic mass is 79.9. The van der Waals surface area contributed by atoms with Crippen LogP contribution in [-0.4, -0.2) is 50.8 Å². The van der Waals surface area contributed by atoms with E-state index in [2.05, 4.69) is 10.3 Å². The summed E-state index contributed by atoms with van der Waals surface area (Å²) in [7, 11) is 0. The largest absolute Gasteiger partial charge is 0.507 e. The zero-order valence-corrected chi connectivity index (χ0v) is 21.1. The van der Waals surface area contributed by atoms with Crippen molar-refractivity contribution in [3.63, 3.8) is 0 Å². The van der Waals surface area contributed by atoms with Crippen LogP contribution in [0.15, 0.2) is 24.3 Å². The first-order valence-electron chi connectivity index (χ1n) is 10.7. The number of fused-ring (bicyclic) bond motifs is 1. The van der Waals surface area contributed by atoms with E-state index in [0.717, 1.165) is 17.7 Å². The Labute approximate surface area is 204 Å². The van der Waals surface area contributed by atoms with Crippen LogP contribution in [0, 0.1) is 5.41 Å². The van der Waals surface area contributed by atoms with Crippen LogP contribution in [0.5, 0.6) is 5.75 Å². The lowest BCUT2D eigenvalue weighted by Crippen LogP contribution is -2.31. The van der Waals surface area contributed by atoms with Gasteiger partial charge in [-0.1, -0.05) is 33.8 Å². The van der Waals surface area contributed by atoms with Crippen molar-refractivity contribution in [2.75, 3.05) is 13.1 Å². The van der Waals surface area contributed by atoms with Gasteiger partial charge in [0.1, 0.15) is 17.3 Å². The summed E-state index contributed by atoms with van der Waals surface area (Å²) in [6.07, 6.45) is 0.779. The summed E-state index contributed by atoms with van der Waals surface area (Å²) in [5.74, 6) is -0.880. The van der Waals surface area contributed by atoms with Crippen molar-refractivity contribution in [3.05, 3.63) is 57.9 Å². The zero-order valence-electron chi connectivity index (χ0n) is 19.4. The van der Waals surface area contributed by atoms with Crippen LogP contribution < -0.4 is 5.32 Å². The number of phenolic OH excluding ortho intramolecular Hbond substituents is 1. The number of Topliss-reactive ketones (excluding diaryl/α,β-unsaturated/α-hetero) is 1. The van der Waals surface area contributed by atoms with Crippen molar-refractivity contribution in [1.29, 1.82) is 5.41 Å². The molecule has 9 heteroatoms. The first-order chi connectivity index (χ1) is 15.0. The SMILES string of the molecule is Br.CCc1ccc2c(n1)C(=N)N(CC(=O)c1cc(CNCC(=O)O)c(O)c(C(C)(C)C)c1)C2. The molecule has 2 aromatic rings. The highest BCUT2D eigenvalue weighted by molar-refractivity contribution is 8.93. The number of pyridine rings is 1. The molecule has 8 nitrogen and oxygen atoms in total. The van der Waals surface area contributed by atoms with Crippen LogP contribution in [0.4, 0.5) is 0 Å². The van der Waals surface area contributed by atoms with Gasteiger partial charge in [0, 0.05) is 41.0 Å². The average Bonchev–Trinajstić information content (AvgIpc) is 3.02. The fourth-order valence-electron chi connectivity index (χ4n) is 3.76. The number of aliphatic carboxylic acids is 1. The number of aromatic nitrogens is 1. The number of phenols is 1. The maximum atomic E-state index is 13.2. The van der Waals surface area contributed by atoms with E-state index in [1.165, 1.54) is 0 Å². The number of amidine groups is 1. The Morgan fingerprint density at radius 1 is 1.24 bits per heavy atom. The van der Waals surface area contributed by atoms with E-state index in [4.69, 9.17) is 10.5 Å². The lowest BCUT2D eigenvalue weighted by atomic mass is 9.83. The second-order valence-corrected chi connectivity index (χ2v) is 9.07. The number of nitrogens with zero attached hydrogens (tertiary/aromatic N) is 2. The van der Waals surface area contributed by atoms with Gasteiger partial charge < -0.3 is 20.4 Å². The topological polar surface area (TPSA) is 127 Å². The van der Waals surface area contributed by atoms with Crippen LogP contribution >= 0.6 is 17.0 Å². The van der Waals surface area contributed by atoms with Crippen LogP contribution in [0.2, 0.25) is 0 Å². The van der Waals surface area contributed by atoms with Crippen molar-refractivity contribution < 1.29 is 19.8 Å². The molecule has 1 aliphatic rings. The fourth-order valence-corrected chi connectivity index (χ4v) is 3.76. The van der Waals surface area contributed by atoms with Gasteiger partial charge >= 0.3 is 5.97 Å². The predicted molar refractivity (Wildman–Crippen MR) is 132 cm³/mol. The highest BCUT2D eigenvalue weighted by Gasteiger charge is 2.29. The Bertz CT molecular complexity index is 1080. The minimum Gasteiger partial charge on any atom is -0.507 e. The van der Waals surface area contributed by atoms with Gasteiger partial charge in [0.2, 0.25) is 0 Å². The fraction of sp³-hybridized carbons (Fsp3) is 0.417. The first-order valence-corrected chi connectivity index (χ1v) is 10.7. The summed E-state index contributed by atoms with van der Waals surface area (Å²) in [6, 6.07) is 7.20. The summed E-state index contributed by atoms with van der Waals surface area (Å²) in [6.45, 7) is 8.17. The van der Waals surface area contributed by atoms with E-state index in [1.807, 2.05) is 39.8 Å². The molecule has 0 saturated carbocycles. The Balaban J connectivity index is 0.00000385. The third-order valence-electron chi connectivity index (χ3n) is 5.55. The molecule has 0 atom stereocenters. The molecule has 0 saturated heterocycles. The number of halogens is 1. The number of ketones is 1. The molecule has 1 aromatic carbocycles. The maximum Gasteiger partial charge on any atom is 0.317 e. The normalized spacial score (nSPS) is 13.0. The molecule has 1 aliphatic heterocycles. The molecule has 3 rings (SSSR count). The molecule has 1 aromatic heterocycles. The molecule has 0 unspecified atom stereocenters. The standard InChI is InChI=1S/C24H30N4O4.BrH/c1-5-17-7-6-14-12-28(23(25)21(14)27-17)13-19(29)15-8-16(10-26-11-20(30)31)22(32)18(9-15)24(2,3)4;/h6-9,25-26,32H,5,10-13H2,1-4H3,(H,30,31);1H. The summed E-state index contributed by atoms with van der Waals surface area (Å²) in [4.78, 5) is 30.3. The van der Waals surface area contributed by atoms with Gasteiger partial charge in [-0.25, -0.2) is 4.98 Å². The number of hydrogen-bond acceptors (Lipinski definition) is 6. The van der Waals surface area contributed by atoms with Gasteiger partial charge in [-0.2, -0.15) is 0 Å². The number of carboxylic acid groups (broad SMARTS) is 1. The molecule has 0 bridgehead atoms. The average molecular weight is 519 g/mol. The maximum absolute atomic E-state index is 13.2. The third kappa shape index (κ3) is 5.97. The number of carbonyl (C=O) groups is 2. The van der Waals surface area contributed by atoms with E-state index < -0.39 is 11.4 Å².